The van der Waals surface area contributed by atoms with E-state index in [4.69, 9.17) is 14.2 Å². The van der Waals surface area contributed by atoms with Crippen molar-refractivity contribution >= 4 is 17.9 Å². The van der Waals surface area contributed by atoms with Crippen LogP contribution in [0.25, 0.3) is 0 Å². The highest BCUT2D eigenvalue weighted by molar-refractivity contribution is 5.71. The predicted molar refractivity (Wildman–Crippen MR) is 270 cm³/mol. The second-order valence-electron chi connectivity index (χ2n) is 18.1. The van der Waals surface area contributed by atoms with E-state index >= 15 is 0 Å². The molecule has 0 fully saturated rings. The minimum absolute atomic E-state index is 0.0871. The highest BCUT2D eigenvalue weighted by atomic mass is 16.6. The highest BCUT2D eigenvalue weighted by Crippen LogP contribution is 2.15. The normalized spacial score (nSPS) is 12.4. The van der Waals surface area contributed by atoms with Crippen LogP contribution in [0, 0.1) is 0 Å². The van der Waals surface area contributed by atoms with Crippen molar-refractivity contribution < 1.29 is 28.6 Å². The lowest BCUT2D eigenvalue weighted by atomic mass is 10.0. The number of esters is 3. The van der Waals surface area contributed by atoms with Gasteiger partial charge in [0.25, 0.3) is 0 Å². The Kier molecular flexibility index (Phi) is 49.8. The number of carbonyl (C=O) groups is 3. The van der Waals surface area contributed by atoms with Crippen molar-refractivity contribution in [2.45, 2.75) is 284 Å². The molecular formula is C57H102O6. The molecular weight excluding hydrogens is 781 g/mol. The van der Waals surface area contributed by atoms with Crippen LogP contribution in [0.2, 0.25) is 0 Å². The van der Waals surface area contributed by atoms with Crippen LogP contribution in [0.5, 0.6) is 0 Å². The van der Waals surface area contributed by atoms with Crippen LogP contribution in [0.3, 0.4) is 0 Å². The van der Waals surface area contributed by atoms with Crippen LogP contribution in [-0.4, -0.2) is 37.2 Å². The number of rotatable bonds is 49. The molecule has 0 N–H and O–H groups in total. The molecule has 0 aromatic carbocycles. The minimum atomic E-state index is -0.791. The van der Waals surface area contributed by atoms with Gasteiger partial charge in [0.15, 0.2) is 6.10 Å². The third-order valence-electron chi connectivity index (χ3n) is 11.8. The molecule has 1 atom stereocenters. The predicted octanol–water partition coefficient (Wildman–Crippen LogP) is 17.9. The molecule has 6 heteroatoms. The van der Waals surface area contributed by atoms with Crippen LogP contribution in [0.4, 0.5) is 0 Å². The lowest BCUT2D eigenvalue weighted by Gasteiger charge is -2.18. The van der Waals surface area contributed by atoms with Crippen molar-refractivity contribution in [2.75, 3.05) is 13.2 Å². The maximum Gasteiger partial charge on any atom is 0.306 e. The van der Waals surface area contributed by atoms with Gasteiger partial charge >= 0.3 is 17.9 Å². The zero-order valence-electron chi connectivity index (χ0n) is 41.8. The molecule has 0 aromatic rings. The number of hydrogen-bond donors (Lipinski definition) is 0. The number of carbonyl (C=O) groups excluding carboxylic acids is 3. The molecule has 0 heterocycles. The Balaban J connectivity index is 4.42. The van der Waals surface area contributed by atoms with E-state index in [9.17, 15) is 14.4 Å². The van der Waals surface area contributed by atoms with Crippen LogP contribution < -0.4 is 0 Å². The summed E-state index contributed by atoms with van der Waals surface area (Å²) in [5, 5.41) is 0. The Bertz CT molecular complexity index is 1110. The van der Waals surface area contributed by atoms with E-state index in [1.165, 1.54) is 167 Å². The number of unbranched alkanes of at least 4 members (excludes halogenated alkanes) is 30. The van der Waals surface area contributed by atoms with E-state index in [2.05, 4.69) is 69.4 Å². The molecule has 0 saturated carbocycles. The molecule has 0 aromatic heterocycles. The lowest BCUT2D eigenvalue weighted by molar-refractivity contribution is -0.167. The summed E-state index contributed by atoms with van der Waals surface area (Å²) in [7, 11) is 0. The van der Waals surface area contributed by atoms with E-state index in [1.807, 2.05) is 0 Å². The van der Waals surface area contributed by atoms with Crippen molar-refractivity contribution in [1.29, 1.82) is 0 Å². The molecule has 63 heavy (non-hydrogen) atoms. The van der Waals surface area contributed by atoms with Gasteiger partial charge < -0.3 is 14.2 Å². The van der Waals surface area contributed by atoms with E-state index in [0.717, 1.165) is 64.2 Å². The molecule has 0 unspecified atom stereocenters. The molecule has 0 spiro atoms. The van der Waals surface area contributed by atoms with Gasteiger partial charge in [-0.25, -0.2) is 0 Å². The fourth-order valence-corrected chi connectivity index (χ4v) is 7.68. The van der Waals surface area contributed by atoms with Gasteiger partial charge in [0.05, 0.1) is 0 Å². The highest BCUT2D eigenvalue weighted by Gasteiger charge is 2.19. The first-order valence-electron chi connectivity index (χ1n) is 27.1. The van der Waals surface area contributed by atoms with E-state index in [1.54, 1.807) is 0 Å². The van der Waals surface area contributed by atoms with Gasteiger partial charge in [-0.2, -0.15) is 0 Å². The summed E-state index contributed by atoms with van der Waals surface area (Å²) < 4.78 is 16.8. The maximum atomic E-state index is 12.8. The molecule has 0 aliphatic carbocycles. The molecule has 0 saturated heterocycles. The van der Waals surface area contributed by atoms with Gasteiger partial charge in [-0.1, -0.05) is 223 Å². The topological polar surface area (TPSA) is 78.9 Å². The van der Waals surface area contributed by atoms with Gasteiger partial charge in [0, 0.05) is 19.3 Å². The first-order chi connectivity index (χ1) is 31.0. The van der Waals surface area contributed by atoms with Crippen molar-refractivity contribution in [3.05, 3.63) is 48.6 Å². The standard InChI is InChI=1S/C57H102O6/c1-4-7-10-13-16-19-22-25-28-31-34-37-40-43-46-49-55(58)61-52-54(63-57(60)51-48-45-42-39-36-33-30-27-24-21-18-15-12-9-6-3)53-62-56(59)50-47-44-41-38-35-32-29-26-23-20-17-14-11-8-5-2/h18-19,21-22,27,30,36,39,54H,4-17,20,23-26,28-29,31-35,37-38,40-53H2,1-3H3/b21-18-,22-19-,30-27-,39-36-/t54-/m1/s1. The van der Waals surface area contributed by atoms with Crippen molar-refractivity contribution in [2.24, 2.45) is 0 Å². The van der Waals surface area contributed by atoms with Gasteiger partial charge in [-0.3, -0.25) is 14.4 Å². The van der Waals surface area contributed by atoms with Crippen molar-refractivity contribution in [3.63, 3.8) is 0 Å². The first kappa shape index (κ1) is 60.4. The van der Waals surface area contributed by atoms with Gasteiger partial charge in [0.1, 0.15) is 13.2 Å². The molecule has 0 rings (SSSR count). The summed E-state index contributed by atoms with van der Waals surface area (Å²) in [5.74, 6) is -0.920. The molecule has 0 amide bonds. The quantitative estimate of drug-likeness (QED) is 0.0262. The summed E-state index contributed by atoms with van der Waals surface area (Å²) >= 11 is 0. The second-order valence-corrected chi connectivity index (χ2v) is 18.1. The van der Waals surface area contributed by atoms with Crippen LogP contribution in [0.1, 0.15) is 278 Å². The number of hydrogen-bond acceptors (Lipinski definition) is 6. The van der Waals surface area contributed by atoms with E-state index in [-0.39, 0.29) is 37.5 Å². The van der Waals surface area contributed by atoms with Gasteiger partial charge in [-0.05, 0) is 83.5 Å². The number of allylic oxidation sites excluding steroid dienone is 8. The zero-order chi connectivity index (χ0) is 45.8. The lowest BCUT2D eigenvalue weighted by Crippen LogP contribution is -2.30. The third kappa shape index (κ3) is 50.2. The molecule has 0 aliphatic rings. The smallest absolute Gasteiger partial charge is 0.306 e. The van der Waals surface area contributed by atoms with Crippen molar-refractivity contribution in [1.82, 2.24) is 0 Å². The van der Waals surface area contributed by atoms with E-state index in [0.29, 0.717) is 19.3 Å². The summed E-state index contributed by atoms with van der Waals surface area (Å²) in [4.78, 5) is 38.0. The Morgan fingerprint density at radius 2 is 0.571 bits per heavy atom. The molecule has 0 radical (unpaired) electrons. The average Bonchev–Trinajstić information content (AvgIpc) is 3.28. The summed E-state index contributed by atoms with van der Waals surface area (Å²) in [5.41, 5.74) is 0. The van der Waals surface area contributed by atoms with Gasteiger partial charge in [-0.15, -0.1) is 0 Å². The second kappa shape index (κ2) is 52.0. The fraction of sp³-hybridized carbons (Fsp3) is 0.807. The first-order valence-corrected chi connectivity index (χ1v) is 27.1. The Morgan fingerprint density at radius 3 is 0.984 bits per heavy atom. The number of ether oxygens (including phenoxy) is 3. The minimum Gasteiger partial charge on any atom is -0.462 e. The Labute approximate surface area is 390 Å². The van der Waals surface area contributed by atoms with Crippen molar-refractivity contribution in [3.8, 4) is 0 Å². The summed E-state index contributed by atoms with van der Waals surface area (Å²) in [6.45, 7) is 6.58. The maximum absolute atomic E-state index is 12.8. The monoisotopic (exact) mass is 883 g/mol. The molecule has 6 nitrogen and oxygen atoms in total. The Morgan fingerprint density at radius 1 is 0.317 bits per heavy atom. The Hall–Kier alpha value is -2.63. The van der Waals surface area contributed by atoms with Gasteiger partial charge in [0.2, 0.25) is 0 Å². The SMILES string of the molecule is CCCCC/C=C\C/C=C\C/C=C\CCCCC(=O)O[C@H](COC(=O)CCCCCCCCC/C=C\CCCCCC)COC(=O)CCCCCCCCCCCCCCCCC. The summed E-state index contributed by atoms with van der Waals surface area (Å²) in [6, 6.07) is 0. The van der Waals surface area contributed by atoms with Crippen LogP contribution in [0.15, 0.2) is 48.6 Å². The molecule has 366 valence electrons. The average molecular weight is 883 g/mol. The van der Waals surface area contributed by atoms with E-state index < -0.39 is 6.10 Å². The van der Waals surface area contributed by atoms with Crippen LogP contribution in [-0.2, 0) is 28.6 Å². The largest absolute Gasteiger partial charge is 0.462 e. The van der Waals surface area contributed by atoms with Crippen LogP contribution >= 0.6 is 0 Å². The summed E-state index contributed by atoms with van der Waals surface area (Å²) in [6.07, 6.45) is 62.3. The third-order valence-corrected chi connectivity index (χ3v) is 11.8. The fourth-order valence-electron chi connectivity index (χ4n) is 7.68. The molecule has 0 bridgehead atoms. The zero-order valence-corrected chi connectivity index (χ0v) is 41.8. The molecule has 0 aliphatic heterocycles.